The van der Waals surface area contributed by atoms with Crippen LogP contribution in [0.1, 0.15) is 16.8 Å². The van der Waals surface area contributed by atoms with Crippen LogP contribution in [0.4, 0.5) is 0 Å². The molecular weight excluding hydrogens is 398 g/mol. The van der Waals surface area contributed by atoms with E-state index in [1.807, 2.05) is 18.2 Å². The molecular formula is C27H35N3O2. The highest BCUT2D eigenvalue weighted by Crippen LogP contribution is 2.13. The van der Waals surface area contributed by atoms with Gasteiger partial charge < -0.3 is 14.4 Å². The van der Waals surface area contributed by atoms with Gasteiger partial charge in [0.1, 0.15) is 0 Å². The van der Waals surface area contributed by atoms with Gasteiger partial charge in [-0.25, -0.2) is 0 Å². The molecule has 0 aliphatic carbocycles. The Morgan fingerprint density at radius 1 is 0.875 bits per heavy atom. The summed E-state index contributed by atoms with van der Waals surface area (Å²) in [5.41, 5.74) is 3.76. The minimum atomic E-state index is -0.389. The summed E-state index contributed by atoms with van der Waals surface area (Å²) in [4.78, 5) is 4.86. The van der Waals surface area contributed by atoms with Crippen LogP contribution < -0.4 is 0 Å². The fourth-order valence-corrected chi connectivity index (χ4v) is 4.35. The number of ether oxygens (including phenoxy) is 1. The van der Waals surface area contributed by atoms with Crippen molar-refractivity contribution in [1.29, 1.82) is 0 Å². The Bertz CT molecular complexity index is 907. The minimum absolute atomic E-state index is 0.389. The molecule has 0 radical (unpaired) electrons. The number of nitrogens with zero attached hydrogens (tertiary/aromatic N) is 3. The molecule has 5 heteroatoms. The monoisotopic (exact) mass is 433 g/mol. The lowest BCUT2D eigenvalue weighted by atomic mass is 10.1. The Morgan fingerprint density at radius 3 is 2.28 bits per heavy atom. The number of aromatic nitrogens is 1. The molecule has 1 unspecified atom stereocenters. The molecule has 1 atom stereocenters. The van der Waals surface area contributed by atoms with Crippen LogP contribution in [0.25, 0.3) is 0 Å². The smallest absolute Gasteiger partial charge is 0.0707 e. The molecule has 1 N–H and O–H groups in total. The van der Waals surface area contributed by atoms with Crippen LogP contribution in [-0.4, -0.2) is 71.5 Å². The lowest BCUT2D eigenvalue weighted by molar-refractivity contribution is 0.0290. The van der Waals surface area contributed by atoms with E-state index >= 15 is 0 Å². The third-order valence-corrected chi connectivity index (χ3v) is 6.12. The second-order valence-electron chi connectivity index (χ2n) is 8.65. The Morgan fingerprint density at radius 2 is 1.56 bits per heavy atom. The third-order valence-electron chi connectivity index (χ3n) is 6.12. The van der Waals surface area contributed by atoms with E-state index in [9.17, 15) is 5.11 Å². The molecule has 32 heavy (non-hydrogen) atoms. The number of morpholine rings is 1. The zero-order valence-electron chi connectivity index (χ0n) is 18.9. The Kier molecular flexibility index (Phi) is 8.51. The zero-order chi connectivity index (χ0) is 22.0. The fraction of sp³-hybridized carbons (Fsp3) is 0.407. The van der Waals surface area contributed by atoms with Crippen LogP contribution in [-0.2, 0) is 24.2 Å². The maximum Gasteiger partial charge on any atom is 0.0707 e. The molecule has 170 valence electrons. The standard InChI is InChI=1S/C27H35N3O2/c31-27(20-24-8-3-1-4-9-24)23-29(15-14-28-16-18-32-19-17-28)22-26-12-7-13-30(26)21-25-10-5-2-6-11-25/h1-13,27,31H,14-23H2. The molecule has 1 fully saturated rings. The maximum atomic E-state index is 10.9. The number of hydrogen-bond acceptors (Lipinski definition) is 4. The largest absolute Gasteiger partial charge is 0.391 e. The molecule has 1 aliphatic heterocycles. The minimum Gasteiger partial charge on any atom is -0.391 e. The predicted molar refractivity (Wildman–Crippen MR) is 129 cm³/mol. The molecule has 1 aliphatic rings. The topological polar surface area (TPSA) is 40.9 Å². The second-order valence-corrected chi connectivity index (χ2v) is 8.65. The van der Waals surface area contributed by atoms with E-state index in [-0.39, 0.29) is 6.10 Å². The average Bonchev–Trinajstić information content (AvgIpc) is 3.26. The van der Waals surface area contributed by atoms with E-state index in [1.165, 1.54) is 16.8 Å². The summed E-state index contributed by atoms with van der Waals surface area (Å²) < 4.78 is 7.82. The molecule has 0 spiro atoms. The SMILES string of the molecule is OC(Cc1ccccc1)CN(CCN1CCOCC1)Cc1cccn1Cc1ccccc1. The summed E-state index contributed by atoms with van der Waals surface area (Å²) in [6.07, 6.45) is 2.45. The van der Waals surface area contributed by atoms with Gasteiger partial charge in [0, 0.05) is 57.7 Å². The second kappa shape index (κ2) is 12.0. The van der Waals surface area contributed by atoms with Crippen molar-refractivity contribution in [3.63, 3.8) is 0 Å². The molecule has 0 saturated carbocycles. The molecule has 0 amide bonds. The highest BCUT2D eigenvalue weighted by Gasteiger charge is 2.17. The van der Waals surface area contributed by atoms with E-state index in [4.69, 9.17) is 4.74 Å². The van der Waals surface area contributed by atoms with Crippen LogP contribution >= 0.6 is 0 Å². The summed E-state index contributed by atoms with van der Waals surface area (Å²) >= 11 is 0. The highest BCUT2D eigenvalue weighted by molar-refractivity contribution is 5.18. The van der Waals surface area contributed by atoms with Crippen molar-refractivity contribution >= 4 is 0 Å². The van der Waals surface area contributed by atoms with E-state index in [2.05, 4.69) is 75.2 Å². The summed E-state index contributed by atoms with van der Waals surface area (Å²) in [5, 5.41) is 10.9. The zero-order valence-corrected chi connectivity index (χ0v) is 18.9. The quantitative estimate of drug-likeness (QED) is 0.504. The van der Waals surface area contributed by atoms with Crippen molar-refractivity contribution < 1.29 is 9.84 Å². The maximum absolute atomic E-state index is 10.9. The summed E-state index contributed by atoms with van der Waals surface area (Å²) in [7, 11) is 0. The van der Waals surface area contributed by atoms with Gasteiger partial charge in [0.25, 0.3) is 0 Å². The normalized spacial score (nSPS) is 15.8. The van der Waals surface area contributed by atoms with Gasteiger partial charge in [-0.1, -0.05) is 60.7 Å². The van der Waals surface area contributed by atoms with Gasteiger partial charge in [0.2, 0.25) is 0 Å². The van der Waals surface area contributed by atoms with Gasteiger partial charge in [-0.2, -0.15) is 0 Å². The lowest BCUT2D eigenvalue weighted by Gasteiger charge is -2.31. The van der Waals surface area contributed by atoms with E-state index in [1.54, 1.807) is 0 Å². The summed E-state index contributed by atoms with van der Waals surface area (Å²) in [5.74, 6) is 0. The number of aliphatic hydroxyl groups excluding tert-OH is 1. The van der Waals surface area contributed by atoms with Crippen LogP contribution in [0.5, 0.6) is 0 Å². The van der Waals surface area contributed by atoms with E-state index in [0.29, 0.717) is 13.0 Å². The number of benzene rings is 2. The van der Waals surface area contributed by atoms with Crippen LogP contribution in [0.2, 0.25) is 0 Å². The van der Waals surface area contributed by atoms with Gasteiger partial charge >= 0.3 is 0 Å². The summed E-state index contributed by atoms with van der Waals surface area (Å²) in [6, 6.07) is 25.2. The van der Waals surface area contributed by atoms with Crippen molar-refractivity contribution in [2.45, 2.75) is 25.6 Å². The first kappa shape index (κ1) is 22.7. The van der Waals surface area contributed by atoms with E-state index in [0.717, 1.165) is 52.5 Å². The average molecular weight is 434 g/mol. The highest BCUT2D eigenvalue weighted by atomic mass is 16.5. The lowest BCUT2D eigenvalue weighted by Crippen LogP contribution is -2.43. The molecule has 3 aromatic rings. The number of aliphatic hydroxyl groups is 1. The molecule has 1 aromatic heterocycles. The van der Waals surface area contributed by atoms with Gasteiger partial charge in [-0.15, -0.1) is 0 Å². The van der Waals surface area contributed by atoms with Crippen LogP contribution in [0.3, 0.4) is 0 Å². The Balaban J connectivity index is 1.40. The van der Waals surface area contributed by atoms with Crippen molar-refractivity contribution in [1.82, 2.24) is 14.4 Å². The molecule has 4 rings (SSSR count). The molecule has 2 heterocycles. The van der Waals surface area contributed by atoms with Gasteiger partial charge in [-0.05, 0) is 29.7 Å². The number of hydrogen-bond donors (Lipinski definition) is 1. The van der Waals surface area contributed by atoms with Crippen molar-refractivity contribution in [2.75, 3.05) is 45.9 Å². The number of rotatable bonds is 11. The van der Waals surface area contributed by atoms with Crippen molar-refractivity contribution in [3.05, 3.63) is 95.8 Å². The van der Waals surface area contributed by atoms with Gasteiger partial charge in [-0.3, -0.25) is 9.80 Å². The molecule has 0 bridgehead atoms. The van der Waals surface area contributed by atoms with Crippen molar-refractivity contribution in [2.24, 2.45) is 0 Å². The summed E-state index contributed by atoms with van der Waals surface area (Å²) in [6.45, 7) is 7.91. The Hall–Kier alpha value is -2.44. The van der Waals surface area contributed by atoms with Crippen LogP contribution in [0.15, 0.2) is 79.0 Å². The fourth-order valence-electron chi connectivity index (χ4n) is 4.35. The third kappa shape index (κ3) is 7.04. The van der Waals surface area contributed by atoms with Crippen LogP contribution in [0, 0.1) is 0 Å². The Labute approximate surface area is 191 Å². The molecule has 2 aromatic carbocycles. The molecule has 1 saturated heterocycles. The van der Waals surface area contributed by atoms with Crippen molar-refractivity contribution in [3.8, 4) is 0 Å². The van der Waals surface area contributed by atoms with Gasteiger partial charge in [0.15, 0.2) is 0 Å². The van der Waals surface area contributed by atoms with Gasteiger partial charge in [0.05, 0.1) is 19.3 Å². The first-order valence-electron chi connectivity index (χ1n) is 11.7. The first-order chi connectivity index (χ1) is 15.8. The van der Waals surface area contributed by atoms with E-state index < -0.39 is 0 Å². The molecule has 5 nitrogen and oxygen atoms in total. The predicted octanol–water partition coefficient (Wildman–Crippen LogP) is 3.27. The first-order valence-corrected chi connectivity index (χ1v) is 11.7.